The lowest BCUT2D eigenvalue weighted by molar-refractivity contribution is -0.398. The van der Waals surface area contributed by atoms with Crippen molar-refractivity contribution in [2.75, 3.05) is 6.61 Å². The Hall–Kier alpha value is -5.36. The van der Waals surface area contributed by atoms with Crippen molar-refractivity contribution in [3.8, 4) is 0 Å². The van der Waals surface area contributed by atoms with Crippen LogP contribution in [-0.2, 0) is 18.9 Å². The summed E-state index contributed by atoms with van der Waals surface area (Å²) in [6, 6.07) is 24.3. The maximum absolute atomic E-state index is 13.1. The van der Waals surface area contributed by atoms with Crippen LogP contribution < -0.4 is 0 Å². The lowest BCUT2D eigenvalue weighted by atomic mass is 10.1. The van der Waals surface area contributed by atoms with Gasteiger partial charge < -0.3 is 29.1 Å². The molecule has 0 N–H and O–H groups in total. The second kappa shape index (κ2) is 12.2. The topological polar surface area (TPSA) is 149 Å². The number of imidazole rings is 1. The molecule has 0 radical (unpaired) electrons. The van der Waals surface area contributed by atoms with E-state index in [1.165, 1.54) is 36.7 Å². The van der Waals surface area contributed by atoms with E-state index in [1.807, 2.05) is 0 Å². The van der Waals surface area contributed by atoms with Gasteiger partial charge in [-0.3, -0.25) is 0 Å². The molecule has 208 valence electrons. The number of benzene rings is 3. The van der Waals surface area contributed by atoms with Gasteiger partial charge in [-0.2, -0.15) is 4.57 Å². The summed E-state index contributed by atoms with van der Waals surface area (Å²) in [5.74, 6) is -2.81. The molecule has 12 heteroatoms. The van der Waals surface area contributed by atoms with E-state index in [0.717, 1.165) is 4.57 Å². The van der Waals surface area contributed by atoms with Crippen LogP contribution in [0, 0.1) is 10.1 Å². The second-order valence-electron chi connectivity index (χ2n) is 8.89. The molecule has 1 aliphatic rings. The number of nitro groups is 1. The number of carbonyl (C=O) groups excluding carboxylic acids is 3. The van der Waals surface area contributed by atoms with Crippen LogP contribution in [0.1, 0.15) is 37.3 Å². The minimum Gasteiger partial charge on any atom is -0.459 e. The summed E-state index contributed by atoms with van der Waals surface area (Å²) in [5, 5.41) is 11.7. The molecule has 1 aromatic heterocycles. The highest BCUT2D eigenvalue weighted by molar-refractivity contribution is 5.91. The lowest BCUT2D eigenvalue weighted by Gasteiger charge is -2.24. The molecule has 1 aliphatic heterocycles. The summed E-state index contributed by atoms with van der Waals surface area (Å²) >= 11 is 0. The maximum atomic E-state index is 13.1. The molecule has 4 atom stereocenters. The predicted molar refractivity (Wildman–Crippen MR) is 141 cm³/mol. The third-order valence-electron chi connectivity index (χ3n) is 6.26. The van der Waals surface area contributed by atoms with Crippen molar-refractivity contribution in [1.82, 2.24) is 9.55 Å². The Kier molecular flexibility index (Phi) is 8.11. The van der Waals surface area contributed by atoms with Crippen molar-refractivity contribution >= 4 is 23.9 Å². The van der Waals surface area contributed by atoms with Gasteiger partial charge in [0.25, 0.3) is 0 Å². The largest absolute Gasteiger partial charge is 0.459 e. The van der Waals surface area contributed by atoms with Gasteiger partial charge in [-0.05, 0) is 41.3 Å². The number of hydrogen-bond acceptors (Lipinski definition) is 10. The summed E-state index contributed by atoms with van der Waals surface area (Å²) in [4.78, 5) is 53.6. The van der Waals surface area contributed by atoms with Gasteiger partial charge in [-0.1, -0.05) is 59.6 Å². The number of ether oxygens (including phenoxy) is 4. The van der Waals surface area contributed by atoms with Crippen LogP contribution in [0.4, 0.5) is 5.95 Å². The van der Waals surface area contributed by atoms with E-state index in [9.17, 15) is 24.5 Å². The van der Waals surface area contributed by atoms with E-state index >= 15 is 0 Å². The Morgan fingerprint density at radius 2 is 1.27 bits per heavy atom. The fourth-order valence-electron chi connectivity index (χ4n) is 4.33. The molecule has 1 saturated heterocycles. The van der Waals surface area contributed by atoms with E-state index in [1.54, 1.807) is 66.7 Å². The monoisotopic (exact) mass is 557 g/mol. The predicted octanol–water partition coefficient (Wildman–Crippen LogP) is 4.00. The number of aromatic nitrogens is 2. The first kappa shape index (κ1) is 27.2. The first-order valence-electron chi connectivity index (χ1n) is 12.5. The molecule has 12 nitrogen and oxygen atoms in total. The Bertz CT molecular complexity index is 1530. The van der Waals surface area contributed by atoms with Crippen LogP contribution >= 0.6 is 0 Å². The minimum absolute atomic E-state index is 0.193. The molecule has 1 fully saturated rings. The van der Waals surface area contributed by atoms with Crippen LogP contribution in [-0.4, -0.2) is 57.3 Å². The molecular formula is C29H23N3O9. The van der Waals surface area contributed by atoms with Crippen LogP contribution in [0.5, 0.6) is 0 Å². The quantitative estimate of drug-likeness (QED) is 0.128. The summed E-state index contributed by atoms with van der Waals surface area (Å²) in [6.07, 6.45) is -2.77. The van der Waals surface area contributed by atoms with Crippen molar-refractivity contribution in [2.24, 2.45) is 0 Å². The summed E-state index contributed by atoms with van der Waals surface area (Å²) < 4.78 is 24.2. The third-order valence-corrected chi connectivity index (χ3v) is 6.26. The van der Waals surface area contributed by atoms with E-state index in [4.69, 9.17) is 18.9 Å². The Morgan fingerprint density at radius 3 is 1.78 bits per heavy atom. The van der Waals surface area contributed by atoms with E-state index in [0.29, 0.717) is 0 Å². The average Bonchev–Trinajstić information content (AvgIpc) is 3.62. The molecule has 0 amide bonds. The summed E-state index contributed by atoms with van der Waals surface area (Å²) in [6.45, 7) is -0.418. The number of rotatable bonds is 9. The number of carbonyl (C=O) groups is 3. The Morgan fingerprint density at radius 1 is 0.780 bits per heavy atom. The third kappa shape index (κ3) is 6.12. The number of nitrogens with zero attached hydrogens (tertiary/aromatic N) is 3. The van der Waals surface area contributed by atoms with Crippen LogP contribution in [0.25, 0.3) is 0 Å². The first-order valence-corrected chi connectivity index (χ1v) is 12.5. The van der Waals surface area contributed by atoms with Crippen LogP contribution in [0.15, 0.2) is 103 Å². The standard InChI is InChI=1S/C29H23N3O9/c33-26(19-10-4-1-5-11-19)38-18-22-23(40-27(34)20-12-6-2-7-13-20)24(41-28(35)21-14-8-3-9-15-21)25(39-22)31-17-16-30-29(31)32(36)37/h1-17,22-25H,18H2/t22-,23-,24+,25?/m1/s1. The summed E-state index contributed by atoms with van der Waals surface area (Å²) in [7, 11) is 0. The van der Waals surface area contributed by atoms with E-state index in [2.05, 4.69) is 4.98 Å². The van der Waals surface area contributed by atoms with Gasteiger partial charge in [-0.25, -0.2) is 14.4 Å². The van der Waals surface area contributed by atoms with Gasteiger partial charge in [0, 0.05) is 0 Å². The van der Waals surface area contributed by atoms with Crippen molar-refractivity contribution in [3.63, 3.8) is 0 Å². The van der Waals surface area contributed by atoms with Gasteiger partial charge in [0.1, 0.15) is 25.1 Å². The maximum Gasteiger partial charge on any atom is 0.436 e. The Labute approximate surface area is 233 Å². The van der Waals surface area contributed by atoms with Crippen LogP contribution in [0.3, 0.4) is 0 Å². The number of esters is 3. The molecule has 2 heterocycles. The fourth-order valence-corrected chi connectivity index (χ4v) is 4.33. The van der Waals surface area contributed by atoms with Gasteiger partial charge in [-0.15, -0.1) is 0 Å². The van der Waals surface area contributed by atoms with Gasteiger partial charge in [0.2, 0.25) is 12.3 Å². The highest BCUT2D eigenvalue weighted by atomic mass is 16.7. The SMILES string of the molecule is O=C(OC[C@H]1OC(n2ccnc2[N+](=O)[O-])[C@@H](OC(=O)c2ccccc2)[C@@H]1OC(=O)c1ccccc1)c1ccccc1. The van der Waals surface area contributed by atoms with E-state index in [-0.39, 0.29) is 16.7 Å². The van der Waals surface area contributed by atoms with Crippen molar-refractivity contribution in [3.05, 3.63) is 130 Å². The molecule has 5 rings (SSSR count). The molecule has 0 spiro atoms. The Balaban J connectivity index is 1.49. The lowest BCUT2D eigenvalue weighted by Crippen LogP contribution is -2.41. The van der Waals surface area contributed by atoms with Crippen molar-refractivity contribution in [1.29, 1.82) is 0 Å². The van der Waals surface area contributed by atoms with Crippen molar-refractivity contribution < 1.29 is 38.3 Å². The smallest absolute Gasteiger partial charge is 0.436 e. The molecule has 41 heavy (non-hydrogen) atoms. The second-order valence-corrected chi connectivity index (χ2v) is 8.89. The zero-order valence-electron chi connectivity index (χ0n) is 21.3. The molecule has 0 saturated carbocycles. The fraction of sp³-hybridized carbons (Fsp3) is 0.172. The molecule has 4 aromatic rings. The van der Waals surface area contributed by atoms with Gasteiger partial charge in [0.15, 0.2) is 6.10 Å². The normalized spacial score (nSPS) is 19.7. The van der Waals surface area contributed by atoms with Crippen molar-refractivity contribution in [2.45, 2.75) is 24.5 Å². The molecular weight excluding hydrogens is 534 g/mol. The average molecular weight is 558 g/mol. The summed E-state index contributed by atoms with van der Waals surface area (Å²) in [5.41, 5.74) is 0.674. The molecule has 0 aliphatic carbocycles. The van der Waals surface area contributed by atoms with Gasteiger partial charge >= 0.3 is 23.9 Å². The molecule has 3 aromatic carbocycles. The molecule has 0 bridgehead atoms. The first-order chi connectivity index (χ1) is 19.9. The van der Waals surface area contributed by atoms with Gasteiger partial charge in [0.05, 0.1) is 16.7 Å². The zero-order chi connectivity index (χ0) is 28.8. The highest BCUT2D eigenvalue weighted by Gasteiger charge is 2.54. The highest BCUT2D eigenvalue weighted by Crippen LogP contribution is 2.37. The minimum atomic E-state index is -1.39. The van der Waals surface area contributed by atoms with E-state index < -0.39 is 59.9 Å². The zero-order valence-corrected chi connectivity index (χ0v) is 21.3. The number of hydrogen-bond donors (Lipinski definition) is 0. The molecule has 1 unspecified atom stereocenters. The van der Waals surface area contributed by atoms with Crippen LogP contribution in [0.2, 0.25) is 0 Å².